The van der Waals surface area contributed by atoms with E-state index in [1.165, 1.54) is 0 Å². The first-order chi connectivity index (χ1) is 8.12. The average Bonchev–Trinajstić information content (AvgIpc) is 2.19. The standard InChI is InChI=1S/C12H17F2NO2S/c1-12(2,3)15-6-7-18(16,17)9-4-5-10(13)11(14)8-9/h4-5,8,15H,6-7H2,1-3H3. The van der Waals surface area contributed by atoms with Crippen LogP contribution in [0.2, 0.25) is 0 Å². The van der Waals surface area contributed by atoms with E-state index in [1.807, 2.05) is 20.8 Å². The summed E-state index contributed by atoms with van der Waals surface area (Å²) in [5.41, 5.74) is -0.191. The van der Waals surface area contributed by atoms with Crippen LogP contribution in [0.4, 0.5) is 8.78 Å². The van der Waals surface area contributed by atoms with Crippen molar-refractivity contribution in [1.29, 1.82) is 0 Å². The van der Waals surface area contributed by atoms with Gasteiger partial charge in [-0.15, -0.1) is 0 Å². The second kappa shape index (κ2) is 5.32. The fraction of sp³-hybridized carbons (Fsp3) is 0.500. The van der Waals surface area contributed by atoms with E-state index in [9.17, 15) is 17.2 Å². The molecule has 0 heterocycles. The highest BCUT2D eigenvalue weighted by molar-refractivity contribution is 7.91. The molecule has 1 aromatic carbocycles. The molecule has 0 aliphatic rings. The molecule has 0 saturated carbocycles. The van der Waals surface area contributed by atoms with Crippen molar-refractivity contribution in [1.82, 2.24) is 5.32 Å². The number of hydrogen-bond donors (Lipinski definition) is 1. The van der Waals surface area contributed by atoms with Crippen molar-refractivity contribution in [3.63, 3.8) is 0 Å². The van der Waals surface area contributed by atoms with Gasteiger partial charge in [0.05, 0.1) is 10.6 Å². The molecule has 0 fully saturated rings. The number of sulfone groups is 1. The number of halogens is 2. The molecule has 1 N–H and O–H groups in total. The highest BCUT2D eigenvalue weighted by Gasteiger charge is 2.18. The Morgan fingerprint density at radius 1 is 1.17 bits per heavy atom. The van der Waals surface area contributed by atoms with Crippen LogP contribution in [0.25, 0.3) is 0 Å². The van der Waals surface area contributed by atoms with Crippen LogP contribution in [0.1, 0.15) is 20.8 Å². The molecule has 0 aromatic heterocycles. The minimum absolute atomic E-state index is 0.157. The fourth-order valence-electron chi connectivity index (χ4n) is 1.35. The van der Waals surface area contributed by atoms with E-state index in [4.69, 9.17) is 0 Å². The third kappa shape index (κ3) is 4.34. The van der Waals surface area contributed by atoms with Crippen molar-refractivity contribution in [3.05, 3.63) is 29.8 Å². The molecule has 0 aliphatic heterocycles. The lowest BCUT2D eigenvalue weighted by Gasteiger charge is -2.20. The second-order valence-electron chi connectivity index (χ2n) is 5.07. The van der Waals surface area contributed by atoms with Gasteiger partial charge in [0.2, 0.25) is 0 Å². The van der Waals surface area contributed by atoms with Gasteiger partial charge in [0.25, 0.3) is 0 Å². The highest BCUT2D eigenvalue weighted by atomic mass is 32.2. The monoisotopic (exact) mass is 277 g/mol. The van der Waals surface area contributed by atoms with Crippen molar-refractivity contribution >= 4 is 9.84 Å². The summed E-state index contributed by atoms with van der Waals surface area (Å²) in [4.78, 5) is -0.197. The Morgan fingerprint density at radius 2 is 1.78 bits per heavy atom. The Morgan fingerprint density at radius 3 is 2.28 bits per heavy atom. The van der Waals surface area contributed by atoms with Crippen molar-refractivity contribution < 1.29 is 17.2 Å². The zero-order valence-corrected chi connectivity index (χ0v) is 11.4. The number of rotatable bonds is 4. The van der Waals surface area contributed by atoms with Crippen molar-refractivity contribution in [2.75, 3.05) is 12.3 Å². The van der Waals surface area contributed by atoms with E-state index in [-0.39, 0.29) is 22.7 Å². The minimum Gasteiger partial charge on any atom is -0.311 e. The molecule has 0 radical (unpaired) electrons. The van der Waals surface area contributed by atoms with Crippen LogP contribution in [0, 0.1) is 11.6 Å². The first-order valence-corrected chi connectivity index (χ1v) is 7.20. The second-order valence-corrected chi connectivity index (χ2v) is 7.18. The summed E-state index contributed by atoms with van der Waals surface area (Å²) >= 11 is 0. The van der Waals surface area contributed by atoms with Crippen molar-refractivity contribution in [3.8, 4) is 0 Å². The molecule has 0 atom stereocenters. The van der Waals surface area contributed by atoms with Gasteiger partial charge in [-0.25, -0.2) is 17.2 Å². The topological polar surface area (TPSA) is 46.2 Å². The van der Waals surface area contributed by atoms with E-state index in [1.54, 1.807) is 0 Å². The maximum Gasteiger partial charge on any atom is 0.179 e. The van der Waals surface area contributed by atoms with Crippen molar-refractivity contribution in [2.24, 2.45) is 0 Å². The molecular formula is C12H17F2NO2S. The maximum atomic E-state index is 13.0. The summed E-state index contributed by atoms with van der Waals surface area (Å²) in [5.74, 6) is -2.36. The summed E-state index contributed by atoms with van der Waals surface area (Å²) in [6, 6.07) is 2.60. The quantitative estimate of drug-likeness (QED) is 0.858. The SMILES string of the molecule is CC(C)(C)NCCS(=O)(=O)c1ccc(F)c(F)c1. The van der Waals surface area contributed by atoms with E-state index in [0.717, 1.165) is 12.1 Å². The minimum atomic E-state index is -3.59. The molecule has 0 unspecified atom stereocenters. The molecule has 3 nitrogen and oxygen atoms in total. The van der Waals surface area contributed by atoms with Gasteiger partial charge in [0.15, 0.2) is 21.5 Å². The van der Waals surface area contributed by atoms with Crippen LogP contribution in [-0.2, 0) is 9.84 Å². The molecule has 0 spiro atoms. The fourth-order valence-corrected chi connectivity index (χ4v) is 2.51. The Hall–Kier alpha value is -1.01. The van der Waals surface area contributed by atoms with Gasteiger partial charge in [0.1, 0.15) is 0 Å². The Labute approximate surface area is 106 Å². The Kier molecular flexibility index (Phi) is 4.45. The number of benzene rings is 1. The summed E-state index contributed by atoms with van der Waals surface area (Å²) in [7, 11) is -3.59. The number of hydrogen-bond acceptors (Lipinski definition) is 3. The van der Waals surface area contributed by atoms with Crippen LogP contribution >= 0.6 is 0 Å². The lowest BCUT2D eigenvalue weighted by atomic mass is 10.1. The molecule has 0 saturated heterocycles. The molecule has 1 aromatic rings. The smallest absolute Gasteiger partial charge is 0.179 e. The first kappa shape index (κ1) is 15.0. The van der Waals surface area contributed by atoms with Crippen molar-refractivity contribution in [2.45, 2.75) is 31.2 Å². The molecular weight excluding hydrogens is 260 g/mol. The first-order valence-electron chi connectivity index (χ1n) is 5.55. The van der Waals surface area contributed by atoms with Gasteiger partial charge in [0, 0.05) is 12.1 Å². The summed E-state index contributed by atoms with van der Waals surface area (Å²) < 4.78 is 49.4. The van der Waals surface area contributed by atoms with Crippen LogP contribution in [0.15, 0.2) is 23.1 Å². The highest BCUT2D eigenvalue weighted by Crippen LogP contribution is 2.15. The van der Waals surface area contributed by atoms with Gasteiger partial charge in [-0.2, -0.15) is 0 Å². The maximum absolute atomic E-state index is 13.0. The molecule has 102 valence electrons. The van der Waals surface area contributed by atoms with Crippen LogP contribution < -0.4 is 5.32 Å². The van der Waals surface area contributed by atoms with Gasteiger partial charge < -0.3 is 5.32 Å². The third-order valence-corrected chi connectivity index (χ3v) is 3.99. The molecule has 0 amide bonds. The lowest BCUT2D eigenvalue weighted by molar-refractivity contribution is 0.438. The average molecular weight is 277 g/mol. The molecule has 1 rings (SSSR count). The molecule has 0 bridgehead atoms. The summed E-state index contributed by atoms with van der Waals surface area (Å²) in [6.45, 7) is 6.00. The van der Waals surface area contributed by atoms with Gasteiger partial charge >= 0.3 is 0 Å². The third-order valence-electron chi connectivity index (χ3n) is 2.28. The zero-order chi connectivity index (χ0) is 14.0. The predicted octanol–water partition coefficient (Wildman–Crippen LogP) is 2.13. The Bertz CT molecular complexity index is 521. The zero-order valence-electron chi connectivity index (χ0n) is 10.6. The summed E-state index contributed by atoms with van der Waals surface area (Å²) in [5, 5.41) is 3.03. The summed E-state index contributed by atoms with van der Waals surface area (Å²) in [6.07, 6.45) is 0. The van der Waals surface area contributed by atoms with Crippen LogP contribution in [0.3, 0.4) is 0 Å². The van der Waals surface area contributed by atoms with Gasteiger partial charge in [-0.1, -0.05) is 0 Å². The van der Waals surface area contributed by atoms with E-state index in [2.05, 4.69) is 5.32 Å². The van der Waals surface area contributed by atoms with Gasteiger partial charge in [-0.05, 0) is 39.0 Å². The molecule has 6 heteroatoms. The Balaban J connectivity index is 2.77. The van der Waals surface area contributed by atoms with E-state index < -0.39 is 21.5 Å². The number of nitrogens with one attached hydrogen (secondary N) is 1. The normalized spacial score (nSPS) is 12.7. The van der Waals surface area contributed by atoms with Crippen LogP contribution in [0.5, 0.6) is 0 Å². The molecule has 0 aliphatic carbocycles. The van der Waals surface area contributed by atoms with E-state index >= 15 is 0 Å². The lowest BCUT2D eigenvalue weighted by Crippen LogP contribution is -2.38. The van der Waals surface area contributed by atoms with Gasteiger partial charge in [-0.3, -0.25) is 0 Å². The van der Waals surface area contributed by atoms with E-state index in [0.29, 0.717) is 6.07 Å². The van der Waals surface area contributed by atoms with Crippen LogP contribution in [-0.4, -0.2) is 26.3 Å². The largest absolute Gasteiger partial charge is 0.311 e. The predicted molar refractivity (Wildman–Crippen MR) is 66.2 cm³/mol. The molecule has 18 heavy (non-hydrogen) atoms.